The van der Waals surface area contributed by atoms with Gasteiger partial charge in [-0.05, 0) is 56.4 Å². The van der Waals surface area contributed by atoms with Gasteiger partial charge in [-0.25, -0.2) is 0 Å². The van der Waals surface area contributed by atoms with Crippen LogP contribution in [0.5, 0.6) is 0 Å². The van der Waals surface area contributed by atoms with Gasteiger partial charge in [0.05, 0.1) is 12.0 Å². The number of amides is 1. The van der Waals surface area contributed by atoms with Crippen LogP contribution < -0.4 is 10.2 Å². The largest absolute Gasteiger partial charge is 0.392 e. The highest BCUT2D eigenvalue weighted by molar-refractivity contribution is 5.95. The molecule has 1 fully saturated rings. The van der Waals surface area contributed by atoms with Crippen LogP contribution in [0.2, 0.25) is 0 Å². The average Bonchev–Trinajstić information content (AvgIpc) is 2.79. The Bertz CT molecular complexity index is 488. The maximum Gasteiger partial charge on any atom is 0.230 e. The van der Waals surface area contributed by atoms with Crippen LogP contribution in [0.3, 0.4) is 0 Å². The number of aliphatic hydroxyl groups is 1. The molecule has 1 saturated carbocycles. The summed E-state index contributed by atoms with van der Waals surface area (Å²) >= 11 is 0. The van der Waals surface area contributed by atoms with E-state index < -0.39 is 6.10 Å². The van der Waals surface area contributed by atoms with E-state index in [1.807, 2.05) is 32.8 Å². The van der Waals surface area contributed by atoms with Crippen molar-refractivity contribution in [2.45, 2.75) is 39.2 Å². The predicted molar refractivity (Wildman–Crippen MR) is 82.2 cm³/mol. The summed E-state index contributed by atoms with van der Waals surface area (Å²) in [6, 6.07) is 4.13. The molecule has 1 aliphatic carbocycles. The lowest BCUT2D eigenvalue weighted by Gasteiger charge is -2.20. The van der Waals surface area contributed by atoms with Gasteiger partial charge in [-0.15, -0.1) is 0 Å². The molecule has 1 aromatic carbocycles. The Morgan fingerprint density at radius 2 is 1.85 bits per heavy atom. The van der Waals surface area contributed by atoms with E-state index in [4.69, 9.17) is 0 Å². The second kappa shape index (κ2) is 5.83. The van der Waals surface area contributed by atoms with Crippen LogP contribution in [0, 0.1) is 19.8 Å². The summed E-state index contributed by atoms with van der Waals surface area (Å²) in [6.45, 7) is 4.00. The topological polar surface area (TPSA) is 52.6 Å². The highest BCUT2D eigenvalue weighted by Gasteiger charge is 2.31. The third kappa shape index (κ3) is 2.96. The number of hydrogen-bond donors (Lipinski definition) is 2. The molecule has 2 N–H and O–H groups in total. The molecular weight excluding hydrogens is 252 g/mol. The molecule has 1 amide bonds. The standard InChI is InChI=1S/C16H24N2O2/c1-10-8-12(18(3)4)9-11(2)15(10)17-16(20)13-6-5-7-14(13)19/h8-9,13-14,19H,5-7H2,1-4H3,(H,17,20). The number of anilines is 2. The number of rotatable bonds is 3. The van der Waals surface area contributed by atoms with Crippen LogP contribution in [-0.2, 0) is 4.79 Å². The monoisotopic (exact) mass is 276 g/mol. The lowest BCUT2D eigenvalue weighted by Crippen LogP contribution is -2.29. The fourth-order valence-corrected chi connectivity index (χ4v) is 2.86. The molecule has 2 rings (SSSR count). The molecule has 0 spiro atoms. The third-order valence-corrected chi connectivity index (χ3v) is 4.10. The lowest BCUT2D eigenvalue weighted by atomic mass is 10.0. The van der Waals surface area contributed by atoms with E-state index >= 15 is 0 Å². The molecule has 0 saturated heterocycles. The summed E-state index contributed by atoms with van der Waals surface area (Å²) in [5, 5.41) is 12.8. The summed E-state index contributed by atoms with van der Waals surface area (Å²) in [5.74, 6) is -0.318. The molecule has 4 nitrogen and oxygen atoms in total. The first-order chi connectivity index (χ1) is 9.40. The number of nitrogens with zero attached hydrogens (tertiary/aromatic N) is 1. The molecule has 2 unspecified atom stereocenters. The third-order valence-electron chi connectivity index (χ3n) is 4.10. The van der Waals surface area contributed by atoms with Crippen molar-refractivity contribution < 1.29 is 9.90 Å². The normalized spacial score (nSPS) is 21.9. The molecule has 1 aromatic rings. The average molecular weight is 276 g/mol. The van der Waals surface area contributed by atoms with E-state index in [1.54, 1.807) is 0 Å². The molecule has 0 bridgehead atoms. The van der Waals surface area contributed by atoms with Gasteiger partial charge in [0.1, 0.15) is 0 Å². The fraction of sp³-hybridized carbons (Fsp3) is 0.562. The first kappa shape index (κ1) is 14.9. The number of nitrogens with one attached hydrogen (secondary N) is 1. The van der Waals surface area contributed by atoms with E-state index in [0.717, 1.165) is 41.8 Å². The van der Waals surface area contributed by atoms with Crippen molar-refractivity contribution in [2.75, 3.05) is 24.3 Å². The molecule has 0 aliphatic heterocycles. The van der Waals surface area contributed by atoms with Gasteiger partial charge in [0, 0.05) is 25.5 Å². The van der Waals surface area contributed by atoms with Gasteiger partial charge in [0.15, 0.2) is 0 Å². The van der Waals surface area contributed by atoms with Crippen molar-refractivity contribution in [3.63, 3.8) is 0 Å². The smallest absolute Gasteiger partial charge is 0.230 e. The van der Waals surface area contributed by atoms with Crippen molar-refractivity contribution in [1.29, 1.82) is 0 Å². The Labute approximate surface area is 120 Å². The Kier molecular flexibility index (Phi) is 4.33. The van der Waals surface area contributed by atoms with Crippen LogP contribution >= 0.6 is 0 Å². The lowest BCUT2D eigenvalue weighted by molar-refractivity contribution is -0.122. The highest BCUT2D eigenvalue weighted by Crippen LogP contribution is 2.30. The van der Waals surface area contributed by atoms with Crippen LogP contribution in [0.25, 0.3) is 0 Å². The minimum atomic E-state index is -0.489. The molecule has 110 valence electrons. The zero-order valence-corrected chi connectivity index (χ0v) is 12.7. The van der Waals surface area contributed by atoms with E-state index in [1.165, 1.54) is 0 Å². The van der Waals surface area contributed by atoms with Crippen molar-refractivity contribution in [1.82, 2.24) is 0 Å². The molecule has 1 aliphatic rings. The van der Waals surface area contributed by atoms with E-state index in [-0.39, 0.29) is 11.8 Å². The number of carbonyl (C=O) groups is 1. The van der Waals surface area contributed by atoms with E-state index in [9.17, 15) is 9.90 Å². The summed E-state index contributed by atoms with van der Waals surface area (Å²) < 4.78 is 0. The van der Waals surface area contributed by atoms with Crippen molar-refractivity contribution >= 4 is 17.3 Å². The maximum atomic E-state index is 12.3. The Hall–Kier alpha value is -1.55. The second-order valence-electron chi connectivity index (χ2n) is 5.94. The van der Waals surface area contributed by atoms with Crippen molar-refractivity contribution in [3.8, 4) is 0 Å². The van der Waals surface area contributed by atoms with Crippen LogP contribution in [0.4, 0.5) is 11.4 Å². The zero-order valence-electron chi connectivity index (χ0n) is 12.7. The number of benzene rings is 1. The molecule has 20 heavy (non-hydrogen) atoms. The van der Waals surface area contributed by atoms with Gasteiger partial charge in [-0.2, -0.15) is 0 Å². The summed E-state index contributed by atoms with van der Waals surface area (Å²) in [5.41, 5.74) is 4.10. The van der Waals surface area contributed by atoms with Crippen molar-refractivity contribution in [3.05, 3.63) is 23.3 Å². The Morgan fingerprint density at radius 1 is 1.25 bits per heavy atom. The molecule has 0 heterocycles. The SMILES string of the molecule is Cc1cc(N(C)C)cc(C)c1NC(=O)C1CCCC1O. The van der Waals surface area contributed by atoms with Gasteiger partial charge in [0.25, 0.3) is 0 Å². The Morgan fingerprint density at radius 3 is 2.30 bits per heavy atom. The summed E-state index contributed by atoms with van der Waals surface area (Å²) in [4.78, 5) is 14.3. The quantitative estimate of drug-likeness (QED) is 0.891. The number of carbonyl (C=O) groups excluding carboxylic acids is 1. The summed E-state index contributed by atoms with van der Waals surface area (Å²) in [6.07, 6.45) is 1.95. The fourth-order valence-electron chi connectivity index (χ4n) is 2.86. The van der Waals surface area contributed by atoms with Crippen molar-refractivity contribution in [2.24, 2.45) is 5.92 Å². The second-order valence-corrected chi connectivity index (χ2v) is 5.94. The van der Waals surface area contributed by atoms with Crippen LogP contribution in [0.1, 0.15) is 30.4 Å². The van der Waals surface area contributed by atoms with Gasteiger partial charge in [-0.3, -0.25) is 4.79 Å². The number of hydrogen-bond acceptors (Lipinski definition) is 3. The number of aryl methyl sites for hydroxylation is 2. The minimum Gasteiger partial charge on any atom is -0.392 e. The van der Waals surface area contributed by atoms with Gasteiger partial charge < -0.3 is 15.3 Å². The molecule has 0 aromatic heterocycles. The summed E-state index contributed by atoms with van der Waals surface area (Å²) in [7, 11) is 4.00. The maximum absolute atomic E-state index is 12.3. The molecular formula is C16H24N2O2. The zero-order chi connectivity index (χ0) is 14.9. The number of aliphatic hydroxyl groups excluding tert-OH is 1. The van der Waals surface area contributed by atoms with Gasteiger partial charge in [-0.1, -0.05) is 0 Å². The van der Waals surface area contributed by atoms with Crippen LogP contribution in [-0.4, -0.2) is 31.2 Å². The predicted octanol–water partition coefficient (Wildman–Crippen LogP) is 2.47. The van der Waals surface area contributed by atoms with Gasteiger partial charge in [0.2, 0.25) is 5.91 Å². The molecule has 4 heteroatoms. The highest BCUT2D eigenvalue weighted by atomic mass is 16.3. The first-order valence-electron chi connectivity index (χ1n) is 7.17. The Balaban J connectivity index is 2.19. The van der Waals surface area contributed by atoms with Gasteiger partial charge >= 0.3 is 0 Å². The van der Waals surface area contributed by atoms with E-state index in [2.05, 4.69) is 17.4 Å². The minimum absolute atomic E-state index is 0.0567. The van der Waals surface area contributed by atoms with E-state index in [0.29, 0.717) is 0 Å². The first-order valence-corrected chi connectivity index (χ1v) is 7.17. The molecule has 2 atom stereocenters. The molecule has 0 radical (unpaired) electrons. The van der Waals surface area contributed by atoms with Crippen LogP contribution in [0.15, 0.2) is 12.1 Å².